The zero-order chi connectivity index (χ0) is 20.0. The maximum atomic E-state index is 12.3. The Kier molecular flexibility index (Phi) is 7.47. The highest BCUT2D eigenvalue weighted by atomic mass is 32.1. The molecule has 1 fully saturated rings. The number of amides is 1. The lowest BCUT2D eigenvalue weighted by molar-refractivity contribution is 0.0193. The number of aryl methyl sites for hydroxylation is 2. The van der Waals surface area contributed by atoms with Gasteiger partial charge < -0.3 is 20.3 Å². The quantitative estimate of drug-likeness (QED) is 0.604. The highest BCUT2D eigenvalue weighted by Crippen LogP contribution is 2.18. The molecule has 0 radical (unpaired) electrons. The standard InChI is InChI=1S/C19H33N5O2S/c1-7-20-17(21-11-16-13(2)22-14(3)27-16)23-15-9-8-10-24(12-15)18(25)26-19(4,5)6/h15H,7-12H2,1-6H3,(H2,20,21,23). The molecule has 2 rings (SSSR count). The topological polar surface area (TPSA) is 78.9 Å². The number of nitrogens with one attached hydrogen (secondary N) is 2. The number of rotatable bonds is 4. The molecule has 1 saturated heterocycles. The molecule has 7 nitrogen and oxygen atoms in total. The molecule has 0 saturated carbocycles. The van der Waals surface area contributed by atoms with E-state index in [1.54, 1.807) is 16.2 Å². The molecule has 1 aliphatic rings. The van der Waals surface area contributed by atoms with Crippen LogP contribution in [0.4, 0.5) is 4.79 Å². The summed E-state index contributed by atoms with van der Waals surface area (Å²) in [7, 11) is 0. The molecule has 1 amide bonds. The van der Waals surface area contributed by atoms with Gasteiger partial charge in [-0.1, -0.05) is 0 Å². The summed E-state index contributed by atoms with van der Waals surface area (Å²) in [6.45, 7) is 14.5. The third-order valence-electron chi connectivity index (χ3n) is 4.14. The Hall–Kier alpha value is -1.83. The van der Waals surface area contributed by atoms with Gasteiger partial charge in [0.15, 0.2) is 5.96 Å². The van der Waals surface area contributed by atoms with Gasteiger partial charge in [-0.05, 0) is 54.4 Å². The zero-order valence-electron chi connectivity index (χ0n) is 17.4. The summed E-state index contributed by atoms with van der Waals surface area (Å²) in [6.07, 6.45) is 1.71. The molecule has 0 aromatic carbocycles. The smallest absolute Gasteiger partial charge is 0.410 e. The van der Waals surface area contributed by atoms with E-state index >= 15 is 0 Å². The molecule has 1 aromatic rings. The van der Waals surface area contributed by atoms with Gasteiger partial charge in [0, 0.05) is 30.6 Å². The van der Waals surface area contributed by atoms with E-state index in [4.69, 9.17) is 9.73 Å². The average molecular weight is 396 g/mol. The van der Waals surface area contributed by atoms with Gasteiger partial charge in [-0.15, -0.1) is 11.3 Å². The Bertz CT molecular complexity index is 666. The fourth-order valence-corrected chi connectivity index (χ4v) is 3.83. The number of guanidine groups is 1. The van der Waals surface area contributed by atoms with Crippen molar-refractivity contribution in [1.82, 2.24) is 20.5 Å². The van der Waals surface area contributed by atoms with Crippen molar-refractivity contribution in [1.29, 1.82) is 0 Å². The van der Waals surface area contributed by atoms with E-state index in [1.807, 2.05) is 41.5 Å². The van der Waals surface area contributed by atoms with Gasteiger partial charge >= 0.3 is 6.09 Å². The summed E-state index contributed by atoms with van der Waals surface area (Å²) in [6, 6.07) is 0.161. The second-order valence-electron chi connectivity index (χ2n) is 7.85. The van der Waals surface area contributed by atoms with Crippen molar-refractivity contribution in [2.45, 2.75) is 72.6 Å². The van der Waals surface area contributed by atoms with Gasteiger partial charge in [0.2, 0.25) is 0 Å². The largest absolute Gasteiger partial charge is 0.444 e. The van der Waals surface area contributed by atoms with E-state index in [0.717, 1.165) is 42.6 Å². The van der Waals surface area contributed by atoms with Gasteiger partial charge in [0.1, 0.15) is 5.60 Å². The van der Waals surface area contributed by atoms with Crippen LogP contribution < -0.4 is 10.6 Å². The predicted molar refractivity (Wildman–Crippen MR) is 110 cm³/mol. The number of aliphatic imine (C=N–C) groups is 1. The van der Waals surface area contributed by atoms with Crippen LogP contribution in [-0.4, -0.2) is 53.2 Å². The summed E-state index contributed by atoms with van der Waals surface area (Å²) in [5.74, 6) is 0.777. The van der Waals surface area contributed by atoms with Crippen LogP contribution in [0.15, 0.2) is 4.99 Å². The van der Waals surface area contributed by atoms with E-state index in [2.05, 4.69) is 15.6 Å². The summed E-state index contributed by atoms with van der Waals surface area (Å²) in [5.41, 5.74) is 0.573. The molecule has 2 heterocycles. The SMILES string of the molecule is CCNC(=NCc1sc(C)nc1C)NC1CCCN(C(=O)OC(C)(C)C)C1. The van der Waals surface area contributed by atoms with Crippen molar-refractivity contribution in [3.05, 3.63) is 15.6 Å². The molecule has 1 atom stereocenters. The molecular weight excluding hydrogens is 362 g/mol. The first-order chi connectivity index (χ1) is 12.7. The summed E-state index contributed by atoms with van der Waals surface area (Å²) in [5, 5.41) is 7.84. The number of nitrogens with zero attached hydrogens (tertiary/aromatic N) is 3. The van der Waals surface area contributed by atoms with Gasteiger partial charge in [0.25, 0.3) is 0 Å². The van der Waals surface area contributed by atoms with Crippen LogP contribution in [0.3, 0.4) is 0 Å². The zero-order valence-corrected chi connectivity index (χ0v) is 18.2. The van der Waals surface area contributed by atoms with E-state index in [-0.39, 0.29) is 12.1 Å². The van der Waals surface area contributed by atoms with E-state index in [1.165, 1.54) is 4.88 Å². The van der Waals surface area contributed by atoms with Crippen LogP contribution in [-0.2, 0) is 11.3 Å². The summed E-state index contributed by atoms with van der Waals surface area (Å²) >= 11 is 1.69. The summed E-state index contributed by atoms with van der Waals surface area (Å²) in [4.78, 5) is 24.5. The van der Waals surface area contributed by atoms with Crippen molar-refractivity contribution in [3.8, 4) is 0 Å². The van der Waals surface area contributed by atoms with Crippen LogP contribution in [0.25, 0.3) is 0 Å². The lowest BCUT2D eigenvalue weighted by atomic mass is 10.1. The Morgan fingerprint density at radius 1 is 1.41 bits per heavy atom. The first-order valence-corrected chi connectivity index (χ1v) is 10.4. The first kappa shape index (κ1) is 21.5. The minimum Gasteiger partial charge on any atom is -0.444 e. The molecule has 1 unspecified atom stereocenters. The molecule has 1 aromatic heterocycles. The number of likely N-dealkylation sites (tertiary alicyclic amines) is 1. The molecular formula is C19H33N5O2S. The number of carbonyl (C=O) groups excluding carboxylic acids is 1. The van der Waals surface area contributed by atoms with Crippen molar-refractivity contribution in [2.75, 3.05) is 19.6 Å². The first-order valence-electron chi connectivity index (χ1n) is 9.63. The highest BCUT2D eigenvalue weighted by molar-refractivity contribution is 7.11. The van der Waals surface area contributed by atoms with Gasteiger partial charge in [-0.25, -0.2) is 14.8 Å². The molecule has 152 valence electrons. The maximum Gasteiger partial charge on any atom is 0.410 e. The molecule has 8 heteroatoms. The monoisotopic (exact) mass is 395 g/mol. The van der Waals surface area contributed by atoms with Crippen molar-refractivity contribution in [3.63, 3.8) is 0 Å². The number of carbonyl (C=O) groups is 1. The van der Waals surface area contributed by atoms with E-state index < -0.39 is 5.60 Å². The predicted octanol–water partition coefficient (Wildman–Crippen LogP) is 3.21. The summed E-state index contributed by atoms with van der Waals surface area (Å²) < 4.78 is 5.51. The van der Waals surface area contributed by atoms with Crippen molar-refractivity contribution in [2.24, 2.45) is 4.99 Å². The number of piperidine rings is 1. The third-order valence-corrected chi connectivity index (χ3v) is 5.20. The number of hydrogen-bond donors (Lipinski definition) is 2. The van der Waals surface area contributed by atoms with Crippen LogP contribution in [0.1, 0.15) is 56.1 Å². The second-order valence-corrected chi connectivity index (χ2v) is 9.13. The van der Waals surface area contributed by atoms with Gasteiger partial charge in [-0.2, -0.15) is 0 Å². The van der Waals surface area contributed by atoms with Crippen LogP contribution in [0.5, 0.6) is 0 Å². The second kappa shape index (κ2) is 9.39. The third kappa shape index (κ3) is 7.01. The minimum atomic E-state index is -0.474. The maximum absolute atomic E-state index is 12.3. The lowest BCUT2D eigenvalue weighted by Crippen LogP contribution is -2.53. The molecule has 27 heavy (non-hydrogen) atoms. The normalized spacial score (nSPS) is 18.4. The van der Waals surface area contributed by atoms with Crippen molar-refractivity contribution >= 4 is 23.4 Å². The van der Waals surface area contributed by atoms with Crippen LogP contribution >= 0.6 is 11.3 Å². The lowest BCUT2D eigenvalue weighted by Gasteiger charge is -2.35. The average Bonchev–Trinajstić information content (AvgIpc) is 2.89. The molecule has 2 N–H and O–H groups in total. The number of aromatic nitrogens is 1. The van der Waals surface area contributed by atoms with E-state index in [0.29, 0.717) is 13.1 Å². The van der Waals surface area contributed by atoms with Gasteiger partial charge in [-0.3, -0.25) is 0 Å². The number of ether oxygens (including phenoxy) is 1. The molecule has 0 aliphatic carbocycles. The Morgan fingerprint density at radius 2 is 2.15 bits per heavy atom. The Labute approximate surface area is 166 Å². The molecule has 1 aliphatic heterocycles. The van der Waals surface area contributed by atoms with Gasteiger partial charge in [0.05, 0.1) is 17.2 Å². The number of thiazole rings is 1. The number of hydrogen-bond acceptors (Lipinski definition) is 5. The fraction of sp³-hybridized carbons (Fsp3) is 0.737. The Morgan fingerprint density at radius 3 is 2.74 bits per heavy atom. The van der Waals surface area contributed by atoms with Crippen LogP contribution in [0, 0.1) is 13.8 Å². The van der Waals surface area contributed by atoms with Crippen LogP contribution in [0.2, 0.25) is 0 Å². The molecule has 0 bridgehead atoms. The van der Waals surface area contributed by atoms with E-state index in [9.17, 15) is 4.79 Å². The molecule has 0 spiro atoms. The van der Waals surface area contributed by atoms with Crippen molar-refractivity contribution < 1.29 is 9.53 Å². The highest BCUT2D eigenvalue weighted by Gasteiger charge is 2.28. The Balaban J connectivity index is 1.97. The fourth-order valence-electron chi connectivity index (χ4n) is 2.97. The minimum absolute atomic E-state index is 0.161.